The molecule has 2 saturated heterocycles. The molecule has 2 aliphatic heterocycles. The van der Waals surface area contributed by atoms with Gasteiger partial charge in [-0.15, -0.1) is 24.0 Å². The average Bonchev–Trinajstić information content (AvgIpc) is 3.23. The van der Waals surface area contributed by atoms with Crippen molar-refractivity contribution in [1.29, 1.82) is 0 Å². The SMILES string of the molecule is CN=C(NCCCc1cccc(F)c1)N1CCN(C(=O)C2CCCO2)CC1.I. The molecule has 156 valence electrons. The van der Waals surface area contributed by atoms with Crippen LogP contribution in [-0.2, 0) is 16.0 Å². The predicted octanol–water partition coefficient (Wildman–Crippen LogP) is 2.27. The molecule has 8 heteroatoms. The Hall–Kier alpha value is -1.42. The number of carbonyl (C=O) groups excluding carboxylic acids is 1. The molecule has 0 saturated carbocycles. The number of hydrogen-bond acceptors (Lipinski definition) is 3. The molecule has 1 aromatic carbocycles. The summed E-state index contributed by atoms with van der Waals surface area (Å²) in [5, 5.41) is 3.38. The van der Waals surface area contributed by atoms with Crippen LogP contribution in [0.3, 0.4) is 0 Å². The van der Waals surface area contributed by atoms with E-state index in [-0.39, 0.29) is 41.8 Å². The summed E-state index contributed by atoms with van der Waals surface area (Å²) in [7, 11) is 1.78. The third kappa shape index (κ3) is 6.30. The molecule has 0 radical (unpaired) electrons. The number of guanidine groups is 1. The molecule has 0 spiro atoms. The summed E-state index contributed by atoms with van der Waals surface area (Å²) in [6.45, 7) is 4.40. The lowest BCUT2D eigenvalue weighted by Crippen LogP contribution is -2.55. The van der Waals surface area contributed by atoms with E-state index in [4.69, 9.17) is 4.74 Å². The van der Waals surface area contributed by atoms with Gasteiger partial charge in [-0.3, -0.25) is 9.79 Å². The average molecular weight is 504 g/mol. The van der Waals surface area contributed by atoms with Crippen LogP contribution in [0.5, 0.6) is 0 Å². The lowest BCUT2D eigenvalue weighted by Gasteiger charge is -2.37. The van der Waals surface area contributed by atoms with Gasteiger partial charge in [0.15, 0.2) is 5.96 Å². The zero-order valence-electron chi connectivity index (χ0n) is 16.4. The number of rotatable bonds is 5. The number of ether oxygens (including phenoxy) is 1. The molecule has 1 atom stereocenters. The second-order valence-electron chi connectivity index (χ2n) is 7.02. The molecule has 1 N–H and O–H groups in total. The summed E-state index contributed by atoms with van der Waals surface area (Å²) in [6, 6.07) is 6.74. The Balaban J connectivity index is 0.00000280. The summed E-state index contributed by atoms with van der Waals surface area (Å²) in [5.41, 5.74) is 1.01. The summed E-state index contributed by atoms with van der Waals surface area (Å²) in [6.07, 6.45) is 3.30. The van der Waals surface area contributed by atoms with Crippen LogP contribution in [-0.4, -0.2) is 74.1 Å². The number of nitrogens with zero attached hydrogens (tertiary/aromatic N) is 3. The van der Waals surface area contributed by atoms with E-state index < -0.39 is 0 Å². The third-order valence-electron chi connectivity index (χ3n) is 5.12. The summed E-state index contributed by atoms with van der Waals surface area (Å²) < 4.78 is 18.7. The molecule has 1 unspecified atom stereocenters. The molecule has 2 fully saturated rings. The fourth-order valence-electron chi connectivity index (χ4n) is 3.63. The molecule has 0 aromatic heterocycles. The second-order valence-corrected chi connectivity index (χ2v) is 7.02. The monoisotopic (exact) mass is 504 g/mol. The number of halogens is 2. The molecular weight excluding hydrogens is 474 g/mol. The Morgan fingerprint density at radius 1 is 1.29 bits per heavy atom. The summed E-state index contributed by atoms with van der Waals surface area (Å²) >= 11 is 0. The molecule has 6 nitrogen and oxygen atoms in total. The Kier molecular flexibility index (Phi) is 9.43. The van der Waals surface area contributed by atoms with Crippen LogP contribution < -0.4 is 5.32 Å². The van der Waals surface area contributed by atoms with Crippen molar-refractivity contribution in [3.8, 4) is 0 Å². The van der Waals surface area contributed by atoms with Gasteiger partial charge in [0.1, 0.15) is 11.9 Å². The smallest absolute Gasteiger partial charge is 0.251 e. The highest BCUT2D eigenvalue weighted by Gasteiger charge is 2.30. The normalized spacial score (nSPS) is 20.1. The van der Waals surface area contributed by atoms with Crippen molar-refractivity contribution in [2.45, 2.75) is 31.8 Å². The topological polar surface area (TPSA) is 57.2 Å². The number of carbonyl (C=O) groups is 1. The minimum absolute atomic E-state index is 0. The first-order valence-corrected chi connectivity index (χ1v) is 9.78. The zero-order valence-corrected chi connectivity index (χ0v) is 18.7. The van der Waals surface area contributed by atoms with Gasteiger partial charge in [0.05, 0.1) is 0 Å². The van der Waals surface area contributed by atoms with Gasteiger partial charge < -0.3 is 19.9 Å². The maximum absolute atomic E-state index is 13.2. The highest BCUT2D eigenvalue weighted by atomic mass is 127. The van der Waals surface area contributed by atoms with E-state index >= 15 is 0 Å². The van der Waals surface area contributed by atoms with E-state index in [0.717, 1.165) is 56.8 Å². The van der Waals surface area contributed by atoms with Crippen LogP contribution in [0.15, 0.2) is 29.3 Å². The van der Waals surface area contributed by atoms with Gasteiger partial charge in [-0.2, -0.15) is 0 Å². The molecule has 2 heterocycles. The number of nitrogens with one attached hydrogen (secondary N) is 1. The summed E-state index contributed by atoms with van der Waals surface area (Å²) in [5.74, 6) is 0.801. The number of aliphatic imine (C=N–C) groups is 1. The van der Waals surface area contributed by atoms with Crippen molar-refractivity contribution in [1.82, 2.24) is 15.1 Å². The van der Waals surface area contributed by atoms with Crippen LogP contribution in [0, 0.1) is 5.82 Å². The fraction of sp³-hybridized carbons (Fsp3) is 0.600. The zero-order chi connectivity index (χ0) is 19.1. The molecule has 0 aliphatic carbocycles. The lowest BCUT2D eigenvalue weighted by atomic mass is 10.1. The Morgan fingerprint density at radius 3 is 2.68 bits per heavy atom. The van der Waals surface area contributed by atoms with Crippen molar-refractivity contribution in [2.75, 3.05) is 46.4 Å². The van der Waals surface area contributed by atoms with Crippen molar-refractivity contribution in [3.63, 3.8) is 0 Å². The van der Waals surface area contributed by atoms with Gasteiger partial charge in [0.2, 0.25) is 0 Å². The van der Waals surface area contributed by atoms with Gasteiger partial charge >= 0.3 is 0 Å². The van der Waals surface area contributed by atoms with Crippen LogP contribution in [0.2, 0.25) is 0 Å². The van der Waals surface area contributed by atoms with Gasteiger partial charge in [0.25, 0.3) is 5.91 Å². The highest BCUT2D eigenvalue weighted by Crippen LogP contribution is 2.16. The van der Waals surface area contributed by atoms with Crippen molar-refractivity contribution in [2.24, 2.45) is 4.99 Å². The second kappa shape index (κ2) is 11.5. The van der Waals surface area contributed by atoms with E-state index in [1.165, 1.54) is 6.07 Å². The number of amides is 1. The number of piperazine rings is 1. The van der Waals surface area contributed by atoms with E-state index in [0.29, 0.717) is 19.7 Å². The standard InChI is InChI=1S/C20H29FN4O2.HI/c1-22-20(23-9-3-6-16-5-2-7-17(21)15-16)25-12-10-24(11-13-25)19(26)18-8-4-14-27-18;/h2,5,7,15,18H,3-4,6,8-14H2,1H3,(H,22,23);1H. The van der Waals surface area contributed by atoms with E-state index in [9.17, 15) is 9.18 Å². The van der Waals surface area contributed by atoms with Crippen molar-refractivity contribution in [3.05, 3.63) is 35.6 Å². The number of hydrogen-bond donors (Lipinski definition) is 1. The maximum Gasteiger partial charge on any atom is 0.251 e. The summed E-state index contributed by atoms with van der Waals surface area (Å²) in [4.78, 5) is 20.9. The van der Waals surface area contributed by atoms with Crippen molar-refractivity contribution < 1.29 is 13.9 Å². The third-order valence-corrected chi connectivity index (χ3v) is 5.12. The minimum atomic E-state index is -0.239. The number of aryl methyl sites for hydroxylation is 1. The first-order chi connectivity index (χ1) is 13.2. The van der Waals surface area contributed by atoms with Gasteiger partial charge in [0, 0.05) is 46.4 Å². The van der Waals surface area contributed by atoms with E-state index in [1.807, 2.05) is 11.0 Å². The fourth-order valence-corrected chi connectivity index (χ4v) is 3.63. The molecule has 0 bridgehead atoms. The molecule has 1 amide bonds. The molecule has 28 heavy (non-hydrogen) atoms. The van der Waals surface area contributed by atoms with Crippen molar-refractivity contribution >= 4 is 35.8 Å². The van der Waals surface area contributed by atoms with Crippen LogP contribution in [0.1, 0.15) is 24.8 Å². The minimum Gasteiger partial charge on any atom is -0.368 e. The quantitative estimate of drug-likeness (QED) is 0.290. The van der Waals surface area contributed by atoms with E-state index in [2.05, 4.69) is 15.2 Å². The molecule has 1 aromatic rings. The molecule has 3 rings (SSSR count). The van der Waals surface area contributed by atoms with Gasteiger partial charge in [-0.05, 0) is 43.4 Å². The first kappa shape index (κ1) is 22.9. The Morgan fingerprint density at radius 2 is 2.04 bits per heavy atom. The largest absolute Gasteiger partial charge is 0.368 e. The Bertz CT molecular complexity index is 659. The Labute approximate surface area is 183 Å². The van der Waals surface area contributed by atoms with Crippen LogP contribution in [0.4, 0.5) is 4.39 Å². The molecule has 2 aliphatic rings. The van der Waals surface area contributed by atoms with Gasteiger partial charge in [-0.25, -0.2) is 4.39 Å². The molecular formula is C20H30FIN4O2. The first-order valence-electron chi connectivity index (χ1n) is 9.78. The number of benzene rings is 1. The van der Waals surface area contributed by atoms with Crippen LogP contribution in [0.25, 0.3) is 0 Å². The maximum atomic E-state index is 13.2. The van der Waals surface area contributed by atoms with Crippen LogP contribution >= 0.6 is 24.0 Å². The van der Waals surface area contributed by atoms with E-state index in [1.54, 1.807) is 19.2 Å². The predicted molar refractivity (Wildman–Crippen MR) is 119 cm³/mol. The van der Waals surface area contributed by atoms with Gasteiger partial charge in [-0.1, -0.05) is 12.1 Å². The highest BCUT2D eigenvalue weighted by molar-refractivity contribution is 14.0. The lowest BCUT2D eigenvalue weighted by molar-refractivity contribution is -0.142.